The van der Waals surface area contributed by atoms with Crippen molar-refractivity contribution in [2.45, 2.75) is 110 Å². The highest BCUT2D eigenvalue weighted by Gasteiger charge is 2.48. The molecule has 0 fully saturated rings. The first-order valence-electron chi connectivity index (χ1n) is 12.2. The highest BCUT2D eigenvalue weighted by Crippen LogP contribution is 2.71. The van der Waals surface area contributed by atoms with Crippen molar-refractivity contribution < 1.29 is 22.7 Å². The van der Waals surface area contributed by atoms with E-state index in [0.717, 1.165) is 44.9 Å². The smallest absolute Gasteiger partial charge is 0.328 e. The minimum Gasteiger partial charge on any atom is -0.328 e. The van der Waals surface area contributed by atoms with Gasteiger partial charge in [0.15, 0.2) is 0 Å². The molecule has 0 aromatic carbocycles. The van der Waals surface area contributed by atoms with E-state index < -0.39 is 20.4 Å². The molecule has 5 nitrogen and oxygen atoms in total. The van der Waals surface area contributed by atoms with Crippen LogP contribution in [0, 0.1) is 0 Å². The Hall–Kier alpha value is 0.0800. The van der Waals surface area contributed by atoms with Gasteiger partial charge < -0.3 is 13.6 Å². The standard InChI is InChI=1S/C23H48O5P2/c1-6-11-13-14-15-16-17-18-20-22-29(24,26-8-3)23(21-19-12-7-2)30(25,27-9-4)28-10-5/h6,23H,1,7-22H2,2-5H3. The van der Waals surface area contributed by atoms with Gasteiger partial charge in [-0.2, -0.15) is 0 Å². The molecule has 180 valence electrons. The highest BCUT2D eigenvalue weighted by atomic mass is 31.2. The molecule has 0 aliphatic carbocycles. The van der Waals surface area contributed by atoms with Crippen LogP contribution in [0.5, 0.6) is 0 Å². The number of hydrogen-bond acceptors (Lipinski definition) is 5. The molecule has 0 spiro atoms. The lowest BCUT2D eigenvalue weighted by Crippen LogP contribution is -2.18. The molecule has 2 unspecified atom stereocenters. The van der Waals surface area contributed by atoms with E-state index in [0.29, 0.717) is 19.2 Å². The van der Waals surface area contributed by atoms with E-state index in [1.165, 1.54) is 25.7 Å². The average Bonchev–Trinajstić information content (AvgIpc) is 2.70. The van der Waals surface area contributed by atoms with Gasteiger partial charge in [0, 0.05) is 6.16 Å². The summed E-state index contributed by atoms with van der Waals surface area (Å²) in [5.74, 6) is 0. The molecule has 0 heterocycles. The number of allylic oxidation sites excluding steroid dienone is 1. The molecular weight excluding hydrogens is 418 g/mol. The third kappa shape index (κ3) is 12.2. The van der Waals surface area contributed by atoms with Gasteiger partial charge in [0.05, 0.1) is 19.8 Å². The number of unbranched alkanes of at least 4 members (excludes halogenated alkanes) is 9. The van der Waals surface area contributed by atoms with Gasteiger partial charge in [0.1, 0.15) is 5.40 Å². The fourth-order valence-corrected chi connectivity index (χ4v) is 10.3. The lowest BCUT2D eigenvalue weighted by molar-refractivity contribution is 0.213. The summed E-state index contributed by atoms with van der Waals surface area (Å²) in [6.07, 6.45) is 14.9. The molecule has 0 aromatic rings. The van der Waals surface area contributed by atoms with Crippen molar-refractivity contribution in [1.82, 2.24) is 0 Å². The summed E-state index contributed by atoms with van der Waals surface area (Å²) in [6.45, 7) is 12.2. The summed E-state index contributed by atoms with van der Waals surface area (Å²) in [7, 11) is -6.64. The van der Waals surface area contributed by atoms with E-state index in [9.17, 15) is 9.13 Å². The first-order valence-corrected chi connectivity index (χ1v) is 15.7. The largest absolute Gasteiger partial charge is 0.343 e. The van der Waals surface area contributed by atoms with Gasteiger partial charge in [-0.15, -0.1) is 6.58 Å². The van der Waals surface area contributed by atoms with Crippen molar-refractivity contribution in [3.63, 3.8) is 0 Å². The number of hydrogen-bond donors (Lipinski definition) is 0. The van der Waals surface area contributed by atoms with E-state index in [1.807, 2.05) is 13.0 Å². The second kappa shape index (κ2) is 18.6. The second-order valence-corrected chi connectivity index (χ2v) is 13.2. The minimum absolute atomic E-state index is 0.277. The van der Waals surface area contributed by atoms with Crippen LogP contribution in [-0.4, -0.2) is 31.4 Å². The van der Waals surface area contributed by atoms with Crippen molar-refractivity contribution >= 4 is 15.0 Å². The van der Waals surface area contributed by atoms with Crippen molar-refractivity contribution in [2.24, 2.45) is 0 Å². The summed E-state index contributed by atoms with van der Waals surface area (Å²) in [5, 5.41) is -0.657. The molecule has 0 rings (SSSR count). The van der Waals surface area contributed by atoms with Gasteiger partial charge in [-0.3, -0.25) is 9.13 Å². The van der Waals surface area contributed by atoms with Crippen molar-refractivity contribution in [2.75, 3.05) is 26.0 Å². The molecule has 0 bridgehead atoms. The lowest BCUT2D eigenvalue weighted by Gasteiger charge is -2.32. The summed E-state index contributed by atoms with van der Waals surface area (Å²) >= 11 is 0. The predicted octanol–water partition coefficient (Wildman–Crippen LogP) is 8.78. The fourth-order valence-electron chi connectivity index (χ4n) is 3.74. The zero-order valence-electron chi connectivity index (χ0n) is 20.1. The van der Waals surface area contributed by atoms with Gasteiger partial charge in [0.25, 0.3) is 0 Å². The highest BCUT2D eigenvalue weighted by molar-refractivity contribution is 7.75. The molecule has 0 aromatic heterocycles. The SMILES string of the molecule is C=CCCCCCCCCCP(=O)(OCC)C(CCCCC)P(=O)(OCC)OCC. The Morgan fingerprint density at radius 2 is 1.27 bits per heavy atom. The van der Waals surface area contributed by atoms with E-state index >= 15 is 0 Å². The Morgan fingerprint density at radius 1 is 0.733 bits per heavy atom. The molecule has 0 aliphatic heterocycles. The van der Waals surface area contributed by atoms with Crippen LogP contribution in [0.2, 0.25) is 0 Å². The molecule has 2 atom stereocenters. The molecule has 7 heteroatoms. The quantitative estimate of drug-likeness (QED) is 0.0906. The van der Waals surface area contributed by atoms with Crippen molar-refractivity contribution in [3.8, 4) is 0 Å². The molecule has 0 saturated heterocycles. The van der Waals surface area contributed by atoms with E-state index in [1.54, 1.807) is 13.8 Å². The average molecular weight is 467 g/mol. The minimum atomic E-state index is -3.49. The van der Waals surface area contributed by atoms with E-state index in [2.05, 4.69) is 13.5 Å². The molecule has 30 heavy (non-hydrogen) atoms. The van der Waals surface area contributed by atoms with Gasteiger partial charge in [-0.25, -0.2) is 0 Å². The van der Waals surface area contributed by atoms with Gasteiger partial charge in [-0.1, -0.05) is 64.4 Å². The van der Waals surface area contributed by atoms with Gasteiger partial charge >= 0.3 is 7.60 Å². The maximum atomic E-state index is 13.9. The Kier molecular flexibility index (Phi) is 18.7. The summed E-state index contributed by atoms with van der Waals surface area (Å²) < 4.78 is 44.6. The van der Waals surface area contributed by atoms with Crippen molar-refractivity contribution in [1.29, 1.82) is 0 Å². The van der Waals surface area contributed by atoms with Crippen LogP contribution in [0.15, 0.2) is 12.7 Å². The van der Waals surface area contributed by atoms with Gasteiger partial charge in [0.2, 0.25) is 7.37 Å². The van der Waals surface area contributed by atoms with Crippen molar-refractivity contribution in [3.05, 3.63) is 12.7 Å². The van der Waals surface area contributed by atoms with Crippen LogP contribution in [0.3, 0.4) is 0 Å². The maximum absolute atomic E-state index is 13.9. The zero-order chi connectivity index (χ0) is 22.7. The molecule has 0 amide bonds. The third-order valence-electron chi connectivity index (χ3n) is 5.23. The fraction of sp³-hybridized carbons (Fsp3) is 0.913. The normalized spacial score (nSPS) is 15.1. The second-order valence-electron chi connectivity index (χ2n) is 7.77. The molecule has 0 radical (unpaired) electrons. The Labute approximate surface area is 186 Å². The van der Waals surface area contributed by atoms with Gasteiger partial charge in [-0.05, 0) is 46.5 Å². The van der Waals surface area contributed by atoms with Crippen LogP contribution in [0.4, 0.5) is 0 Å². The Balaban J connectivity index is 5.03. The molecule has 0 saturated carbocycles. The first kappa shape index (κ1) is 30.1. The lowest BCUT2D eigenvalue weighted by atomic mass is 10.1. The van der Waals surface area contributed by atoms with Crippen LogP contribution in [0.25, 0.3) is 0 Å². The molecule has 0 N–H and O–H groups in total. The molecular formula is C23H48O5P2. The molecule has 0 aliphatic rings. The van der Waals surface area contributed by atoms with Crippen LogP contribution >= 0.6 is 15.0 Å². The predicted molar refractivity (Wildman–Crippen MR) is 130 cm³/mol. The number of rotatable bonds is 22. The summed E-state index contributed by atoms with van der Waals surface area (Å²) in [4.78, 5) is 0. The van der Waals surface area contributed by atoms with Crippen LogP contribution in [0.1, 0.15) is 105 Å². The zero-order valence-corrected chi connectivity index (χ0v) is 21.9. The first-order chi connectivity index (χ1) is 14.4. The topological polar surface area (TPSA) is 61.8 Å². The van der Waals surface area contributed by atoms with Crippen LogP contribution in [-0.2, 0) is 22.7 Å². The Morgan fingerprint density at radius 3 is 1.77 bits per heavy atom. The van der Waals surface area contributed by atoms with E-state index in [4.69, 9.17) is 13.6 Å². The van der Waals surface area contributed by atoms with Crippen LogP contribution < -0.4 is 0 Å². The third-order valence-corrected chi connectivity index (χ3v) is 12.2. The maximum Gasteiger partial charge on any atom is 0.343 e. The summed E-state index contributed by atoms with van der Waals surface area (Å²) in [5.41, 5.74) is 0. The summed E-state index contributed by atoms with van der Waals surface area (Å²) in [6, 6.07) is 0. The monoisotopic (exact) mass is 466 g/mol. The van der Waals surface area contributed by atoms with E-state index in [-0.39, 0.29) is 13.2 Å². The Bertz CT molecular complexity index is 500.